The molecule has 19 heavy (non-hydrogen) atoms. The maximum absolute atomic E-state index is 9.84. The summed E-state index contributed by atoms with van der Waals surface area (Å²) in [6.07, 6.45) is 2.11. The van der Waals surface area contributed by atoms with Gasteiger partial charge in [-0.2, -0.15) is 0 Å². The second-order valence-electron chi connectivity index (χ2n) is 4.84. The lowest BCUT2D eigenvalue weighted by atomic mass is 10.2. The predicted octanol–water partition coefficient (Wildman–Crippen LogP) is 3.47. The van der Waals surface area contributed by atoms with Crippen LogP contribution in [0.25, 0.3) is 0 Å². The third-order valence-electron chi connectivity index (χ3n) is 3.21. The highest BCUT2D eigenvalue weighted by Gasteiger charge is 2.29. The number of hydrogen-bond donors (Lipinski definition) is 2. The highest BCUT2D eigenvalue weighted by Crippen LogP contribution is 2.34. The zero-order chi connectivity index (χ0) is 13.8. The molecule has 2 rings (SSSR count). The van der Waals surface area contributed by atoms with Gasteiger partial charge in [0.05, 0.1) is 17.2 Å². The summed E-state index contributed by atoms with van der Waals surface area (Å²) in [6, 6.07) is 4.03. The van der Waals surface area contributed by atoms with E-state index in [1.165, 1.54) is 0 Å². The van der Waals surface area contributed by atoms with Crippen LogP contribution in [0.15, 0.2) is 21.1 Å². The van der Waals surface area contributed by atoms with Crippen molar-refractivity contribution in [2.75, 3.05) is 13.2 Å². The van der Waals surface area contributed by atoms with E-state index in [9.17, 15) is 5.11 Å². The first-order valence-electron chi connectivity index (χ1n) is 6.61. The molecular weight excluding hydrogens is 374 g/mol. The largest absolute Gasteiger partial charge is 0.492 e. The summed E-state index contributed by atoms with van der Waals surface area (Å²) in [7, 11) is 0. The topological polar surface area (TPSA) is 41.5 Å². The summed E-state index contributed by atoms with van der Waals surface area (Å²) in [6.45, 7) is 3.94. The summed E-state index contributed by atoms with van der Waals surface area (Å²) in [5, 5.41) is 13.1. The zero-order valence-electron chi connectivity index (χ0n) is 11.0. The van der Waals surface area contributed by atoms with E-state index in [0.29, 0.717) is 25.6 Å². The van der Waals surface area contributed by atoms with Gasteiger partial charge in [0, 0.05) is 23.1 Å². The fraction of sp³-hybridized carbons (Fsp3) is 0.571. The van der Waals surface area contributed by atoms with Gasteiger partial charge in [-0.3, -0.25) is 0 Å². The van der Waals surface area contributed by atoms with E-state index in [1.807, 2.05) is 19.1 Å². The molecule has 0 heterocycles. The minimum atomic E-state index is -0.217. The Morgan fingerprint density at radius 3 is 2.79 bits per heavy atom. The third kappa shape index (κ3) is 4.45. The van der Waals surface area contributed by atoms with Crippen LogP contribution in [0.5, 0.6) is 5.75 Å². The molecule has 0 radical (unpaired) electrons. The summed E-state index contributed by atoms with van der Waals surface area (Å²) < 4.78 is 7.63. The van der Waals surface area contributed by atoms with E-state index in [1.54, 1.807) is 0 Å². The Bertz CT molecular complexity index is 436. The van der Waals surface area contributed by atoms with Gasteiger partial charge in [0.25, 0.3) is 0 Å². The summed E-state index contributed by atoms with van der Waals surface area (Å²) in [5.41, 5.74) is 1.09. The first-order chi connectivity index (χ1) is 9.11. The van der Waals surface area contributed by atoms with Crippen LogP contribution in [-0.4, -0.2) is 24.4 Å². The van der Waals surface area contributed by atoms with Crippen LogP contribution in [-0.2, 0) is 6.54 Å². The second-order valence-corrected chi connectivity index (χ2v) is 6.61. The fourth-order valence-corrected chi connectivity index (χ4v) is 3.48. The van der Waals surface area contributed by atoms with Gasteiger partial charge in [-0.05, 0) is 53.7 Å². The van der Waals surface area contributed by atoms with Gasteiger partial charge in [0.2, 0.25) is 0 Å². The van der Waals surface area contributed by atoms with Crippen molar-refractivity contribution in [3.8, 4) is 5.75 Å². The molecule has 1 fully saturated rings. The van der Waals surface area contributed by atoms with Crippen LogP contribution < -0.4 is 10.1 Å². The van der Waals surface area contributed by atoms with E-state index in [2.05, 4.69) is 37.2 Å². The summed E-state index contributed by atoms with van der Waals surface area (Å²) in [4.78, 5) is 0. The molecule has 0 amide bonds. The normalized spacial score (nSPS) is 16.4. The highest BCUT2D eigenvalue weighted by molar-refractivity contribution is 9.11. The van der Waals surface area contributed by atoms with Crippen molar-refractivity contribution in [3.05, 3.63) is 26.6 Å². The Hall–Kier alpha value is -0.100. The van der Waals surface area contributed by atoms with Crippen molar-refractivity contribution >= 4 is 31.9 Å². The summed E-state index contributed by atoms with van der Waals surface area (Å²) in [5.74, 6) is 1.38. The minimum absolute atomic E-state index is 0.217. The average Bonchev–Trinajstić information content (AvgIpc) is 3.17. The molecule has 0 saturated heterocycles. The number of halogens is 2. The van der Waals surface area contributed by atoms with Crippen LogP contribution in [0.4, 0.5) is 0 Å². The summed E-state index contributed by atoms with van der Waals surface area (Å²) >= 11 is 7.01. The van der Waals surface area contributed by atoms with Gasteiger partial charge in [-0.1, -0.05) is 15.9 Å². The third-order valence-corrected chi connectivity index (χ3v) is 4.26. The molecule has 1 aliphatic rings. The number of hydrogen-bond acceptors (Lipinski definition) is 3. The minimum Gasteiger partial charge on any atom is -0.492 e. The molecule has 0 spiro atoms. The predicted molar refractivity (Wildman–Crippen MR) is 83.4 cm³/mol. The zero-order valence-corrected chi connectivity index (χ0v) is 14.1. The van der Waals surface area contributed by atoms with Crippen LogP contribution in [0, 0.1) is 5.92 Å². The Labute approximate surface area is 131 Å². The van der Waals surface area contributed by atoms with Gasteiger partial charge in [-0.15, -0.1) is 0 Å². The Morgan fingerprint density at radius 1 is 1.42 bits per heavy atom. The van der Waals surface area contributed by atoms with Gasteiger partial charge < -0.3 is 15.2 Å². The van der Waals surface area contributed by atoms with E-state index in [-0.39, 0.29) is 6.10 Å². The molecule has 0 bridgehead atoms. The smallest absolute Gasteiger partial charge is 0.138 e. The molecule has 3 nitrogen and oxygen atoms in total. The number of benzene rings is 1. The van der Waals surface area contributed by atoms with Crippen molar-refractivity contribution in [1.82, 2.24) is 5.32 Å². The molecule has 2 N–H and O–H groups in total. The molecule has 1 saturated carbocycles. The van der Waals surface area contributed by atoms with Crippen molar-refractivity contribution in [1.29, 1.82) is 0 Å². The van der Waals surface area contributed by atoms with Crippen LogP contribution in [0.3, 0.4) is 0 Å². The Balaban J connectivity index is 1.97. The Morgan fingerprint density at radius 2 is 2.16 bits per heavy atom. The highest BCUT2D eigenvalue weighted by atomic mass is 79.9. The number of nitrogens with one attached hydrogen (secondary N) is 1. The van der Waals surface area contributed by atoms with Crippen molar-refractivity contribution in [2.45, 2.75) is 32.4 Å². The molecule has 0 aliphatic heterocycles. The number of aliphatic hydroxyl groups is 1. The molecule has 1 atom stereocenters. The van der Waals surface area contributed by atoms with Gasteiger partial charge >= 0.3 is 0 Å². The maximum atomic E-state index is 9.84. The standard InChI is InChI=1S/C14H19Br2NO2/c1-2-19-14-10(5-11(15)6-12(14)16)7-17-8-13(18)9-3-4-9/h5-6,9,13,17-18H,2-4,7-8H2,1H3. The van der Waals surface area contributed by atoms with Crippen LogP contribution >= 0.6 is 31.9 Å². The average molecular weight is 393 g/mol. The molecule has 1 unspecified atom stereocenters. The van der Waals surface area contributed by atoms with Gasteiger partial charge in [0.15, 0.2) is 0 Å². The lowest BCUT2D eigenvalue weighted by molar-refractivity contribution is 0.148. The SMILES string of the molecule is CCOc1c(Br)cc(Br)cc1CNCC(O)C1CC1. The lowest BCUT2D eigenvalue weighted by Gasteiger charge is -2.15. The molecule has 1 aromatic rings. The van der Waals surface area contributed by atoms with Crippen molar-refractivity contribution in [2.24, 2.45) is 5.92 Å². The molecule has 0 aromatic heterocycles. The monoisotopic (exact) mass is 391 g/mol. The van der Waals surface area contributed by atoms with Crippen LogP contribution in [0.1, 0.15) is 25.3 Å². The van der Waals surface area contributed by atoms with Crippen molar-refractivity contribution < 1.29 is 9.84 Å². The molecule has 1 aliphatic carbocycles. The van der Waals surface area contributed by atoms with Crippen molar-refractivity contribution in [3.63, 3.8) is 0 Å². The van der Waals surface area contributed by atoms with E-state index in [4.69, 9.17) is 4.74 Å². The Kier molecular flexibility index (Phi) is 5.69. The molecule has 106 valence electrons. The first-order valence-corrected chi connectivity index (χ1v) is 8.20. The van der Waals surface area contributed by atoms with E-state index >= 15 is 0 Å². The quantitative estimate of drug-likeness (QED) is 0.746. The van der Waals surface area contributed by atoms with Gasteiger partial charge in [0.1, 0.15) is 5.75 Å². The number of ether oxygens (including phenoxy) is 1. The van der Waals surface area contributed by atoms with E-state index < -0.39 is 0 Å². The first kappa shape index (κ1) is 15.3. The number of rotatable bonds is 7. The van der Waals surface area contributed by atoms with E-state index in [0.717, 1.165) is 33.1 Å². The second kappa shape index (κ2) is 7.07. The molecule has 1 aromatic carbocycles. The maximum Gasteiger partial charge on any atom is 0.138 e. The molecule has 5 heteroatoms. The molecular formula is C14H19Br2NO2. The van der Waals surface area contributed by atoms with Crippen LogP contribution in [0.2, 0.25) is 0 Å². The fourth-order valence-electron chi connectivity index (χ4n) is 2.05. The van der Waals surface area contributed by atoms with Gasteiger partial charge in [-0.25, -0.2) is 0 Å². The lowest BCUT2D eigenvalue weighted by Crippen LogP contribution is -2.28. The number of aliphatic hydroxyl groups excluding tert-OH is 1.